The summed E-state index contributed by atoms with van der Waals surface area (Å²) in [4.78, 5) is 12.0. The van der Waals surface area contributed by atoms with E-state index in [9.17, 15) is 9.90 Å². The van der Waals surface area contributed by atoms with Gasteiger partial charge in [-0.2, -0.15) is 5.10 Å². The third kappa shape index (κ3) is 2.48. The maximum atomic E-state index is 11.3. The highest BCUT2D eigenvalue weighted by Gasteiger charge is 2.15. The van der Waals surface area contributed by atoms with Crippen LogP contribution in [0.3, 0.4) is 0 Å². The van der Waals surface area contributed by atoms with E-state index in [0.29, 0.717) is 11.5 Å². The highest BCUT2D eigenvalue weighted by atomic mass is 32.2. The smallest absolute Gasteiger partial charge is 0.338 e. The molecule has 0 aliphatic carbocycles. The van der Waals surface area contributed by atoms with Gasteiger partial charge in [0.2, 0.25) is 0 Å². The van der Waals surface area contributed by atoms with Crippen LogP contribution in [0.25, 0.3) is 0 Å². The minimum atomic E-state index is -0.946. The molecule has 0 radical (unpaired) electrons. The Morgan fingerprint density at radius 2 is 2.22 bits per heavy atom. The number of anilines is 2. The maximum absolute atomic E-state index is 11.3. The lowest BCUT2D eigenvalue weighted by Crippen LogP contribution is -2.05. The molecule has 0 bridgehead atoms. The van der Waals surface area contributed by atoms with E-state index < -0.39 is 5.97 Å². The van der Waals surface area contributed by atoms with Gasteiger partial charge in [-0.25, -0.2) is 4.79 Å². The largest absolute Gasteiger partial charge is 0.478 e. The predicted molar refractivity (Wildman–Crippen MR) is 71.7 cm³/mol. The molecule has 0 amide bonds. The van der Waals surface area contributed by atoms with Crippen molar-refractivity contribution >= 4 is 29.2 Å². The van der Waals surface area contributed by atoms with Crippen molar-refractivity contribution in [2.75, 3.05) is 11.6 Å². The number of carboxylic acid groups (broad SMARTS) is 1. The van der Waals surface area contributed by atoms with Gasteiger partial charge in [-0.3, -0.25) is 4.68 Å². The third-order valence-electron chi connectivity index (χ3n) is 2.44. The van der Waals surface area contributed by atoms with Crippen LogP contribution < -0.4 is 5.32 Å². The molecule has 94 valence electrons. The van der Waals surface area contributed by atoms with Crippen molar-refractivity contribution in [2.45, 2.75) is 4.90 Å². The van der Waals surface area contributed by atoms with Crippen molar-refractivity contribution < 1.29 is 9.90 Å². The number of aryl methyl sites for hydroxylation is 1. The molecule has 6 heteroatoms. The number of thioether (sulfide) groups is 1. The highest BCUT2D eigenvalue weighted by Crippen LogP contribution is 2.28. The number of carboxylic acids is 1. The minimum Gasteiger partial charge on any atom is -0.478 e. The second kappa shape index (κ2) is 5.14. The van der Waals surface area contributed by atoms with Crippen LogP contribution >= 0.6 is 11.8 Å². The molecule has 0 aliphatic rings. The lowest BCUT2D eigenvalue weighted by atomic mass is 10.2. The number of nitrogens with one attached hydrogen (secondary N) is 1. The van der Waals surface area contributed by atoms with Crippen LogP contribution in [0.5, 0.6) is 0 Å². The van der Waals surface area contributed by atoms with Crippen LogP contribution in [-0.2, 0) is 7.05 Å². The first kappa shape index (κ1) is 12.5. The highest BCUT2D eigenvalue weighted by molar-refractivity contribution is 7.98. The molecule has 2 N–H and O–H groups in total. The number of hydrogen-bond donors (Lipinski definition) is 2. The van der Waals surface area contributed by atoms with Crippen molar-refractivity contribution in [3.63, 3.8) is 0 Å². The molecule has 1 aromatic heterocycles. The van der Waals surface area contributed by atoms with Crippen molar-refractivity contribution in [3.05, 3.63) is 36.0 Å². The Bertz CT molecular complexity index is 580. The van der Waals surface area contributed by atoms with Crippen molar-refractivity contribution in [2.24, 2.45) is 7.05 Å². The zero-order valence-corrected chi connectivity index (χ0v) is 10.9. The van der Waals surface area contributed by atoms with Crippen LogP contribution in [0.15, 0.2) is 35.4 Å². The van der Waals surface area contributed by atoms with E-state index in [1.54, 1.807) is 29.1 Å². The van der Waals surface area contributed by atoms with Gasteiger partial charge in [0.25, 0.3) is 0 Å². The molecule has 1 heterocycles. The average Bonchev–Trinajstić information content (AvgIpc) is 2.74. The first-order valence-electron chi connectivity index (χ1n) is 5.29. The summed E-state index contributed by atoms with van der Waals surface area (Å²) in [5.74, 6) is -0.323. The van der Waals surface area contributed by atoms with E-state index in [2.05, 4.69) is 10.4 Å². The molecule has 2 aromatic rings. The van der Waals surface area contributed by atoms with Gasteiger partial charge in [0.15, 0.2) is 5.82 Å². The van der Waals surface area contributed by atoms with Gasteiger partial charge < -0.3 is 10.4 Å². The number of aromatic nitrogens is 2. The number of carbonyl (C=O) groups is 1. The van der Waals surface area contributed by atoms with E-state index in [-0.39, 0.29) is 5.56 Å². The normalized spacial score (nSPS) is 10.3. The summed E-state index contributed by atoms with van der Waals surface area (Å²) in [5.41, 5.74) is 0.823. The zero-order valence-electron chi connectivity index (χ0n) is 10.0. The molecule has 0 saturated carbocycles. The van der Waals surface area contributed by atoms with E-state index in [1.165, 1.54) is 11.8 Å². The quantitative estimate of drug-likeness (QED) is 0.830. The van der Waals surface area contributed by atoms with Gasteiger partial charge in [-0.05, 0) is 18.4 Å². The summed E-state index contributed by atoms with van der Waals surface area (Å²) >= 11 is 1.41. The number of rotatable bonds is 4. The molecule has 0 fully saturated rings. The Morgan fingerprint density at radius 3 is 2.78 bits per heavy atom. The fraction of sp³-hybridized carbons (Fsp3) is 0.167. The van der Waals surface area contributed by atoms with Crippen molar-refractivity contribution in [1.82, 2.24) is 9.78 Å². The van der Waals surface area contributed by atoms with Crippen LogP contribution in [-0.4, -0.2) is 27.1 Å². The molecular weight excluding hydrogens is 250 g/mol. The second-order valence-corrected chi connectivity index (χ2v) is 4.54. The number of aromatic carboxylic acids is 1. The van der Waals surface area contributed by atoms with Gasteiger partial charge in [0, 0.05) is 24.2 Å². The molecule has 1 aromatic carbocycles. The van der Waals surface area contributed by atoms with Crippen LogP contribution in [0.1, 0.15) is 10.4 Å². The maximum Gasteiger partial charge on any atom is 0.338 e. The Balaban J connectivity index is 2.41. The summed E-state index contributed by atoms with van der Waals surface area (Å²) in [7, 11) is 1.81. The van der Waals surface area contributed by atoms with Gasteiger partial charge in [-0.15, -0.1) is 11.8 Å². The molecule has 0 saturated heterocycles. The minimum absolute atomic E-state index is 0.274. The molecule has 0 atom stereocenters. The predicted octanol–water partition coefficient (Wildman–Crippen LogP) is 2.58. The summed E-state index contributed by atoms with van der Waals surface area (Å²) < 4.78 is 1.65. The molecule has 5 nitrogen and oxygen atoms in total. The molecular formula is C12H13N3O2S. The number of nitrogens with zero attached hydrogens (tertiary/aromatic N) is 2. The first-order valence-corrected chi connectivity index (χ1v) is 6.51. The van der Waals surface area contributed by atoms with Gasteiger partial charge in [0.05, 0.1) is 11.3 Å². The van der Waals surface area contributed by atoms with E-state index >= 15 is 0 Å². The van der Waals surface area contributed by atoms with Gasteiger partial charge in [-0.1, -0.05) is 6.07 Å². The molecule has 18 heavy (non-hydrogen) atoms. The number of benzene rings is 1. The second-order valence-electron chi connectivity index (χ2n) is 3.69. The fourth-order valence-electron chi connectivity index (χ4n) is 1.65. The van der Waals surface area contributed by atoms with Crippen LogP contribution in [0, 0.1) is 0 Å². The Labute approximate surface area is 109 Å². The molecule has 0 unspecified atom stereocenters. The van der Waals surface area contributed by atoms with Gasteiger partial charge in [0.1, 0.15) is 0 Å². The molecule has 0 spiro atoms. The lowest BCUT2D eigenvalue weighted by molar-refractivity contribution is 0.0694. The van der Waals surface area contributed by atoms with Gasteiger partial charge >= 0.3 is 5.97 Å². The summed E-state index contributed by atoms with van der Waals surface area (Å²) in [6.07, 6.45) is 3.65. The monoisotopic (exact) mass is 263 g/mol. The molecule has 0 aliphatic heterocycles. The fourth-order valence-corrected chi connectivity index (χ4v) is 2.26. The number of hydrogen-bond acceptors (Lipinski definition) is 4. The van der Waals surface area contributed by atoms with E-state index in [4.69, 9.17) is 0 Å². The SMILES string of the molecule is CSc1cccc(Nc2ccn(C)n2)c1C(=O)O. The summed E-state index contributed by atoms with van der Waals surface area (Å²) in [6, 6.07) is 7.14. The summed E-state index contributed by atoms with van der Waals surface area (Å²) in [5, 5.41) is 16.5. The third-order valence-corrected chi connectivity index (χ3v) is 3.22. The Kier molecular flexibility index (Phi) is 3.57. The van der Waals surface area contributed by atoms with E-state index in [1.807, 2.05) is 19.4 Å². The topological polar surface area (TPSA) is 67.2 Å². The lowest BCUT2D eigenvalue weighted by Gasteiger charge is -2.10. The Morgan fingerprint density at radius 1 is 1.44 bits per heavy atom. The Hall–Kier alpha value is -1.95. The summed E-state index contributed by atoms with van der Waals surface area (Å²) in [6.45, 7) is 0. The van der Waals surface area contributed by atoms with Crippen molar-refractivity contribution in [1.29, 1.82) is 0 Å². The molecule has 2 rings (SSSR count). The van der Waals surface area contributed by atoms with E-state index in [0.717, 1.165) is 4.90 Å². The van der Waals surface area contributed by atoms with Crippen molar-refractivity contribution in [3.8, 4) is 0 Å². The first-order chi connectivity index (χ1) is 8.61. The zero-order chi connectivity index (χ0) is 13.1. The van der Waals surface area contributed by atoms with Crippen LogP contribution in [0.4, 0.5) is 11.5 Å². The average molecular weight is 263 g/mol. The standard InChI is InChI=1S/C12H13N3O2S/c1-15-7-6-10(14-15)13-8-4-3-5-9(18-2)11(8)12(16)17/h3-7H,1-2H3,(H,13,14)(H,16,17). The van der Waals surface area contributed by atoms with Crippen LogP contribution in [0.2, 0.25) is 0 Å².